The molecular formula is C15H18N4O5S. The number of non-ortho nitro benzene ring substituents is 1. The molecule has 3 amide bonds. The lowest BCUT2D eigenvalue weighted by Gasteiger charge is -2.13. The smallest absolute Gasteiger partial charge is 0.288 e. The maximum absolute atomic E-state index is 11.7. The molecule has 25 heavy (non-hydrogen) atoms. The van der Waals surface area contributed by atoms with E-state index in [9.17, 15) is 24.5 Å². The van der Waals surface area contributed by atoms with Crippen LogP contribution in [0.25, 0.3) is 0 Å². The molecule has 1 saturated heterocycles. The average molecular weight is 366 g/mol. The highest BCUT2D eigenvalue weighted by Crippen LogP contribution is 2.17. The molecule has 1 fully saturated rings. The highest BCUT2D eigenvalue weighted by molar-refractivity contribution is 8.14. The summed E-state index contributed by atoms with van der Waals surface area (Å²) in [6, 6.07) is 6.04. The van der Waals surface area contributed by atoms with Crippen LogP contribution in [0, 0.1) is 10.1 Å². The minimum Gasteiger partial charge on any atom is -0.385 e. The zero-order chi connectivity index (χ0) is 18.2. The van der Waals surface area contributed by atoms with Gasteiger partial charge in [0.05, 0.1) is 10.7 Å². The Morgan fingerprint density at radius 2 is 1.96 bits per heavy atom. The number of nitro benzene ring substituents is 1. The first kappa shape index (κ1) is 18.7. The average Bonchev–Trinajstić information content (AvgIpc) is 2.91. The first-order valence-electron chi connectivity index (χ1n) is 7.69. The van der Waals surface area contributed by atoms with Gasteiger partial charge in [-0.05, 0) is 18.6 Å². The van der Waals surface area contributed by atoms with E-state index in [2.05, 4.69) is 10.6 Å². The summed E-state index contributed by atoms with van der Waals surface area (Å²) in [4.78, 5) is 45.7. The maximum atomic E-state index is 11.7. The van der Waals surface area contributed by atoms with Crippen molar-refractivity contribution in [2.45, 2.75) is 12.8 Å². The Morgan fingerprint density at radius 3 is 2.56 bits per heavy atom. The fraction of sp³-hybridized carbons (Fsp3) is 0.400. The fourth-order valence-corrected chi connectivity index (χ4v) is 2.93. The molecule has 1 aliphatic rings. The third-order valence-electron chi connectivity index (χ3n) is 3.49. The van der Waals surface area contributed by atoms with Gasteiger partial charge in [-0.15, -0.1) is 0 Å². The quantitative estimate of drug-likeness (QED) is 0.387. The second-order valence-electron chi connectivity index (χ2n) is 5.28. The van der Waals surface area contributed by atoms with Gasteiger partial charge < -0.3 is 10.6 Å². The van der Waals surface area contributed by atoms with Gasteiger partial charge >= 0.3 is 0 Å². The van der Waals surface area contributed by atoms with Gasteiger partial charge in [-0.3, -0.25) is 29.4 Å². The number of imide groups is 1. The van der Waals surface area contributed by atoms with Crippen molar-refractivity contribution in [1.82, 2.24) is 10.2 Å². The third-order valence-corrected chi connectivity index (χ3v) is 4.34. The van der Waals surface area contributed by atoms with Gasteiger partial charge in [0, 0.05) is 43.9 Å². The molecule has 1 heterocycles. The Kier molecular flexibility index (Phi) is 6.75. The molecule has 0 bridgehead atoms. The first-order valence-corrected chi connectivity index (χ1v) is 8.68. The Hall–Kier alpha value is -2.62. The van der Waals surface area contributed by atoms with Crippen LogP contribution in [0.5, 0.6) is 0 Å². The summed E-state index contributed by atoms with van der Waals surface area (Å²) in [6.07, 6.45) is 0.886. The summed E-state index contributed by atoms with van der Waals surface area (Å²) < 4.78 is 0. The van der Waals surface area contributed by atoms with Gasteiger partial charge in [-0.25, -0.2) is 0 Å². The Bertz CT molecular complexity index is 648. The summed E-state index contributed by atoms with van der Waals surface area (Å²) in [5, 5.41) is 16.0. The summed E-state index contributed by atoms with van der Waals surface area (Å²) in [7, 11) is 0. The van der Waals surface area contributed by atoms with Crippen LogP contribution in [0.15, 0.2) is 24.3 Å². The van der Waals surface area contributed by atoms with E-state index in [1.54, 1.807) is 12.1 Å². The minimum absolute atomic E-state index is 0.0262. The summed E-state index contributed by atoms with van der Waals surface area (Å²) in [5.41, 5.74) is 0.771. The molecule has 10 heteroatoms. The zero-order valence-electron chi connectivity index (χ0n) is 13.4. The Morgan fingerprint density at radius 1 is 1.24 bits per heavy atom. The predicted molar refractivity (Wildman–Crippen MR) is 93.4 cm³/mol. The molecule has 0 radical (unpaired) electrons. The predicted octanol–water partition coefficient (Wildman–Crippen LogP) is 1.60. The summed E-state index contributed by atoms with van der Waals surface area (Å²) in [6.45, 7) is 0.981. The SMILES string of the molecule is O=C(CCCNc1ccc([N+](=O)[O-])cc1)NCCN1C(=O)CSC1=O. The number of benzene rings is 1. The molecule has 2 rings (SSSR count). The monoisotopic (exact) mass is 366 g/mol. The van der Waals surface area contributed by atoms with Crippen molar-refractivity contribution in [3.8, 4) is 0 Å². The fourth-order valence-electron chi connectivity index (χ4n) is 2.18. The van der Waals surface area contributed by atoms with E-state index in [1.165, 1.54) is 12.1 Å². The van der Waals surface area contributed by atoms with Gasteiger partial charge in [0.15, 0.2) is 0 Å². The van der Waals surface area contributed by atoms with Crippen LogP contribution in [0.3, 0.4) is 0 Å². The Labute approximate surface area is 148 Å². The molecular weight excluding hydrogens is 348 g/mol. The lowest BCUT2D eigenvalue weighted by atomic mass is 10.2. The van der Waals surface area contributed by atoms with Crippen LogP contribution < -0.4 is 10.6 Å². The molecule has 134 valence electrons. The number of rotatable bonds is 9. The van der Waals surface area contributed by atoms with Crippen LogP contribution in [-0.2, 0) is 9.59 Å². The number of hydrogen-bond donors (Lipinski definition) is 2. The van der Waals surface area contributed by atoms with Crippen molar-refractivity contribution < 1.29 is 19.3 Å². The van der Waals surface area contributed by atoms with Crippen molar-refractivity contribution in [2.24, 2.45) is 0 Å². The molecule has 0 unspecified atom stereocenters. The number of nitrogens with one attached hydrogen (secondary N) is 2. The second-order valence-corrected chi connectivity index (χ2v) is 6.21. The molecule has 2 N–H and O–H groups in total. The Balaban J connectivity index is 1.58. The second kappa shape index (κ2) is 9.02. The number of thioether (sulfide) groups is 1. The molecule has 0 aliphatic carbocycles. The van der Waals surface area contributed by atoms with Crippen molar-refractivity contribution in [3.05, 3.63) is 34.4 Å². The highest BCUT2D eigenvalue weighted by atomic mass is 32.2. The molecule has 0 aromatic heterocycles. The van der Waals surface area contributed by atoms with Crippen LogP contribution in [0.2, 0.25) is 0 Å². The number of carbonyl (C=O) groups is 3. The van der Waals surface area contributed by atoms with E-state index in [4.69, 9.17) is 0 Å². The number of nitro groups is 1. The molecule has 1 aromatic carbocycles. The summed E-state index contributed by atoms with van der Waals surface area (Å²) >= 11 is 0.969. The van der Waals surface area contributed by atoms with Crippen LogP contribution in [-0.4, -0.2) is 52.3 Å². The van der Waals surface area contributed by atoms with E-state index in [0.717, 1.165) is 22.3 Å². The van der Waals surface area contributed by atoms with Gasteiger partial charge in [-0.2, -0.15) is 0 Å². The molecule has 1 aliphatic heterocycles. The minimum atomic E-state index is -0.462. The van der Waals surface area contributed by atoms with E-state index in [0.29, 0.717) is 19.4 Å². The molecule has 0 spiro atoms. The number of anilines is 1. The van der Waals surface area contributed by atoms with Crippen LogP contribution >= 0.6 is 11.8 Å². The van der Waals surface area contributed by atoms with Gasteiger partial charge in [0.2, 0.25) is 11.8 Å². The molecule has 0 atom stereocenters. The third kappa shape index (κ3) is 5.75. The van der Waals surface area contributed by atoms with Gasteiger partial charge in [0.1, 0.15) is 0 Å². The van der Waals surface area contributed by atoms with Gasteiger partial charge in [0.25, 0.3) is 10.9 Å². The number of carbonyl (C=O) groups excluding carboxylic acids is 3. The van der Waals surface area contributed by atoms with Crippen LogP contribution in [0.1, 0.15) is 12.8 Å². The van der Waals surface area contributed by atoms with E-state index >= 15 is 0 Å². The number of amides is 3. The van der Waals surface area contributed by atoms with E-state index < -0.39 is 4.92 Å². The lowest BCUT2D eigenvalue weighted by molar-refractivity contribution is -0.384. The number of nitrogens with zero attached hydrogens (tertiary/aromatic N) is 2. The molecule has 9 nitrogen and oxygen atoms in total. The largest absolute Gasteiger partial charge is 0.385 e. The van der Waals surface area contributed by atoms with Gasteiger partial charge in [-0.1, -0.05) is 11.8 Å². The molecule has 0 saturated carbocycles. The van der Waals surface area contributed by atoms with Crippen molar-refractivity contribution in [3.63, 3.8) is 0 Å². The summed E-state index contributed by atoms with van der Waals surface area (Å²) in [5.74, 6) is -0.213. The van der Waals surface area contributed by atoms with E-state index in [-0.39, 0.29) is 41.6 Å². The lowest BCUT2D eigenvalue weighted by Crippen LogP contribution is -2.37. The van der Waals surface area contributed by atoms with Crippen LogP contribution in [0.4, 0.5) is 16.2 Å². The van der Waals surface area contributed by atoms with Crippen molar-refractivity contribution >= 4 is 40.2 Å². The number of hydrogen-bond acceptors (Lipinski definition) is 7. The maximum Gasteiger partial charge on any atom is 0.288 e. The first-order chi connectivity index (χ1) is 12.0. The van der Waals surface area contributed by atoms with E-state index in [1.807, 2.05) is 0 Å². The zero-order valence-corrected chi connectivity index (χ0v) is 14.2. The highest BCUT2D eigenvalue weighted by Gasteiger charge is 2.29. The van der Waals surface area contributed by atoms with Crippen molar-refractivity contribution in [2.75, 3.05) is 30.7 Å². The topological polar surface area (TPSA) is 122 Å². The normalized spacial score (nSPS) is 13.8. The van der Waals surface area contributed by atoms with Crippen molar-refractivity contribution in [1.29, 1.82) is 0 Å². The molecule has 1 aromatic rings. The standard InChI is InChI=1S/C15H18N4O5S/c20-13(17-8-9-18-14(21)10-25-15(18)22)2-1-7-16-11-3-5-12(6-4-11)19(23)24/h3-6,16H,1-2,7-10H2,(H,17,20).